The molecule has 1 aromatic heterocycles. The number of nitrogens with zero attached hydrogens (tertiary/aromatic N) is 3. The second-order valence-corrected chi connectivity index (χ2v) is 4.69. The van der Waals surface area contributed by atoms with Gasteiger partial charge in [0.15, 0.2) is 0 Å². The lowest BCUT2D eigenvalue weighted by Gasteiger charge is -2.16. The molecule has 0 aliphatic heterocycles. The van der Waals surface area contributed by atoms with Gasteiger partial charge in [0, 0.05) is 18.7 Å². The van der Waals surface area contributed by atoms with Crippen LogP contribution in [0.5, 0.6) is 5.75 Å². The molecule has 1 N–H and O–H groups in total. The van der Waals surface area contributed by atoms with Crippen LogP contribution < -0.4 is 4.74 Å². The first-order valence-corrected chi connectivity index (χ1v) is 7.07. The summed E-state index contributed by atoms with van der Waals surface area (Å²) in [4.78, 5) is 6.56. The molecule has 6 nitrogen and oxygen atoms in total. The van der Waals surface area contributed by atoms with Crippen molar-refractivity contribution in [3.8, 4) is 17.1 Å². The van der Waals surface area contributed by atoms with Crippen LogP contribution in [-0.2, 0) is 6.54 Å². The smallest absolute Gasteiger partial charge is 0.241 e. The number of rotatable bonds is 8. The number of methoxy groups -OCH3 is 1. The Kier molecular flexibility index (Phi) is 5.71. The van der Waals surface area contributed by atoms with Crippen LogP contribution in [0.4, 0.5) is 0 Å². The highest BCUT2D eigenvalue weighted by Crippen LogP contribution is 2.20. The van der Waals surface area contributed by atoms with Gasteiger partial charge in [-0.15, -0.1) is 0 Å². The Morgan fingerprint density at radius 2 is 2.05 bits per heavy atom. The lowest BCUT2D eigenvalue weighted by molar-refractivity contribution is 0.205. The first-order valence-electron chi connectivity index (χ1n) is 7.07. The van der Waals surface area contributed by atoms with Gasteiger partial charge in [0.25, 0.3) is 0 Å². The fourth-order valence-electron chi connectivity index (χ4n) is 2.01. The second-order valence-electron chi connectivity index (χ2n) is 4.69. The molecule has 6 heteroatoms. The molecule has 2 rings (SSSR count). The zero-order chi connectivity index (χ0) is 15.1. The molecule has 1 heterocycles. The highest BCUT2D eigenvalue weighted by Gasteiger charge is 2.12. The average molecular weight is 291 g/mol. The van der Waals surface area contributed by atoms with Crippen molar-refractivity contribution in [2.75, 3.05) is 26.8 Å². The predicted octanol–water partition coefficient (Wildman–Crippen LogP) is 1.95. The van der Waals surface area contributed by atoms with E-state index in [1.54, 1.807) is 7.11 Å². The van der Waals surface area contributed by atoms with Crippen molar-refractivity contribution < 1.29 is 14.4 Å². The third-order valence-electron chi connectivity index (χ3n) is 3.25. The monoisotopic (exact) mass is 291 g/mol. The van der Waals surface area contributed by atoms with E-state index in [1.165, 1.54) is 0 Å². The van der Waals surface area contributed by atoms with Crippen LogP contribution in [-0.4, -0.2) is 47.0 Å². The third kappa shape index (κ3) is 4.27. The molecule has 0 aliphatic rings. The summed E-state index contributed by atoms with van der Waals surface area (Å²) in [6.07, 6.45) is 0.743. The molecule has 0 unspecified atom stereocenters. The van der Waals surface area contributed by atoms with Gasteiger partial charge in [0.05, 0.1) is 13.7 Å². The average Bonchev–Trinajstić information content (AvgIpc) is 3.00. The van der Waals surface area contributed by atoms with Gasteiger partial charge >= 0.3 is 0 Å². The van der Waals surface area contributed by atoms with Crippen molar-refractivity contribution in [3.05, 3.63) is 30.2 Å². The van der Waals surface area contributed by atoms with Crippen LogP contribution >= 0.6 is 0 Å². The largest absolute Gasteiger partial charge is 0.497 e. The molecular formula is C15H21N3O3. The zero-order valence-corrected chi connectivity index (χ0v) is 12.5. The zero-order valence-electron chi connectivity index (χ0n) is 12.5. The fraction of sp³-hybridized carbons (Fsp3) is 0.467. The number of hydrogen-bond acceptors (Lipinski definition) is 6. The Bertz CT molecular complexity index is 539. The summed E-state index contributed by atoms with van der Waals surface area (Å²) in [5, 5.41) is 12.9. The summed E-state index contributed by atoms with van der Waals surface area (Å²) < 4.78 is 10.4. The van der Waals surface area contributed by atoms with Crippen molar-refractivity contribution in [2.24, 2.45) is 0 Å². The van der Waals surface area contributed by atoms with Crippen LogP contribution in [0.2, 0.25) is 0 Å². The number of hydrogen-bond donors (Lipinski definition) is 1. The summed E-state index contributed by atoms with van der Waals surface area (Å²) in [6, 6.07) is 7.53. The molecule has 0 saturated heterocycles. The Balaban J connectivity index is 2.02. The number of aromatic nitrogens is 2. The molecule has 2 aromatic rings. The van der Waals surface area contributed by atoms with Crippen LogP contribution in [0.1, 0.15) is 19.2 Å². The maximum atomic E-state index is 8.88. The number of ether oxygens (including phenoxy) is 1. The topological polar surface area (TPSA) is 71.6 Å². The van der Waals surface area contributed by atoms with Crippen molar-refractivity contribution in [1.29, 1.82) is 0 Å². The highest BCUT2D eigenvalue weighted by atomic mass is 16.5. The number of aliphatic hydroxyl groups is 1. The van der Waals surface area contributed by atoms with E-state index in [-0.39, 0.29) is 6.61 Å². The minimum atomic E-state index is 0.192. The number of aliphatic hydroxyl groups excluding tert-OH is 1. The minimum Gasteiger partial charge on any atom is -0.497 e. The first-order chi connectivity index (χ1) is 10.3. The molecule has 0 fully saturated rings. The normalized spacial score (nSPS) is 11.0. The summed E-state index contributed by atoms with van der Waals surface area (Å²) in [6.45, 7) is 4.54. The Hall–Kier alpha value is -1.92. The molecule has 0 atom stereocenters. The standard InChI is InChI=1S/C15H21N3O3/c1-3-18(9-4-10-19)11-14-16-15(17-21-14)12-5-7-13(20-2)8-6-12/h5-8,19H,3-4,9-11H2,1-2H3. The third-order valence-corrected chi connectivity index (χ3v) is 3.25. The van der Waals surface area contributed by atoms with E-state index in [4.69, 9.17) is 14.4 Å². The minimum absolute atomic E-state index is 0.192. The lowest BCUT2D eigenvalue weighted by atomic mass is 10.2. The van der Waals surface area contributed by atoms with Gasteiger partial charge < -0.3 is 14.4 Å². The molecule has 0 aliphatic carbocycles. The quantitative estimate of drug-likeness (QED) is 0.801. The molecular weight excluding hydrogens is 270 g/mol. The van der Waals surface area contributed by atoms with Crippen molar-refractivity contribution in [3.63, 3.8) is 0 Å². The van der Waals surface area contributed by atoms with Gasteiger partial charge in [0.1, 0.15) is 5.75 Å². The van der Waals surface area contributed by atoms with E-state index in [2.05, 4.69) is 22.0 Å². The van der Waals surface area contributed by atoms with Crippen LogP contribution in [0.15, 0.2) is 28.8 Å². The summed E-state index contributed by atoms with van der Waals surface area (Å²) >= 11 is 0. The fourth-order valence-corrected chi connectivity index (χ4v) is 2.01. The summed E-state index contributed by atoms with van der Waals surface area (Å²) in [5.41, 5.74) is 0.893. The Labute approximate surface area is 124 Å². The Morgan fingerprint density at radius 1 is 1.29 bits per heavy atom. The molecule has 0 saturated carbocycles. The van der Waals surface area contributed by atoms with Gasteiger partial charge in [-0.25, -0.2) is 0 Å². The van der Waals surface area contributed by atoms with E-state index < -0.39 is 0 Å². The van der Waals surface area contributed by atoms with E-state index in [1.807, 2.05) is 24.3 Å². The molecule has 114 valence electrons. The maximum Gasteiger partial charge on any atom is 0.241 e. The van der Waals surface area contributed by atoms with Crippen molar-refractivity contribution in [1.82, 2.24) is 15.0 Å². The van der Waals surface area contributed by atoms with E-state index in [9.17, 15) is 0 Å². The van der Waals surface area contributed by atoms with Gasteiger partial charge in [-0.3, -0.25) is 4.90 Å². The second kappa shape index (κ2) is 7.75. The summed E-state index contributed by atoms with van der Waals surface area (Å²) in [7, 11) is 1.63. The molecule has 21 heavy (non-hydrogen) atoms. The van der Waals surface area contributed by atoms with Crippen LogP contribution in [0, 0.1) is 0 Å². The summed E-state index contributed by atoms with van der Waals surface area (Å²) in [5.74, 6) is 1.95. The van der Waals surface area contributed by atoms with Gasteiger partial charge in [-0.05, 0) is 37.2 Å². The van der Waals surface area contributed by atoms with E-state index in [0.29, 0.717) is 18.3 Å². The molecule has 0 amide bonds. The maximum absolute atomic E-state index is 8.88. The van der Waals surface area contributed by atoms with Crippen molar-refractivity contribution in [2.45, 2.75) is 19.9 Å². The molecule has 1 aromatic carbocycles. The van der Waals surface area contributed by atoms with Gasteiger partial charge in [-0.2, -0.15) is 4.98 Å². The van der Waals surface area contributed by atoms with Crippen LogP contribution in [0.25, 0.3) is 11.4 Å². The molecule has 0 radical (unpaired) electrons. The molecule has 0 spiro atoms. The SMILES string of the molecule is CCN(CCCO)Cc1nc(-c2ccc(OC)cc2)no1. The highest BCUT2D eigenvalue weighted by molar-refractivity contribution is 5.55. The molecule has 0 bridgehead atoms. The van der Waals surface area contributed by atoms with E-state index in [0.717, 1.165) is 30.8 Å². The first kappa shape index (κ1) is 15.5. The van der Waals surface area contributed by atoms with Crippen molar-refractivity contribution >= 4 is 0 Å². The van der Waals surface area contributed by atoms with E-state index >= 15 is 0 Å². The van der Waals surface area contributed by atoms with Crippen LogP contribution in [0.3, 0.4) is 0 Å². The van der Waals surface area contributed by atoms with Gasteiger partial charge in [-0.1, -0.05) is 12.1 Å². The Morgan fingerprint density at radius 3 is 2.67 bits per heavy atom. The predicted molar refractivity (Wildman–Crippen MR) is 78.9 cm³/mol. The van der Waals surface area contributed by atoms with Gasteiger partial charge in [0.2, 0.25) is 11.7 Å². The lowest BCUT2D eigenvalue weighted by Crippen LogP contribution is -2.24. The number of benzene rings is 1.